The van der Waals surface area contributed by atoms with Gasteiger partial charge in [-0.3, -0.25) is 57.5 Å². The number of primary amides is 1. The maximum Gasteiger partial charge on any atom is 0.326 e. The fraction of sp³-hybridized carbons (Fsp3) is 0.500. The number of benzene rings is 2. The molecular weight excluding hydrogens is 1270 g/mol. The Morgan fingerprint density at radius 1 is 0.511 bits per heavy atom. The first-order chi connectivity index (χ1) is 43.5. The average Bonchev–Trinajstić information content (AvgIpc) is 1.60. The number of thioether (sulfide) groups is 1. The highest BCUT2D eigenvalue weighted by Crippen LogP contribution is 2.16. The zero-order valence-corrected chi connectivity index (χ0v) is 52.9. The van der Waals surface area contributed by atoms with Crippen molar-refractivity contribution in [1.29, 1.82) is 0 Å². The number of phenols is 2. The number of imidazole rings is 1. The van der Waals surface area contributed by atoms with Gasteiger partial charge < -0.3 is 100 Å². The van der Waals surface area contributed by atoms with Crippen LogP contribution in [0, 0.1) is 5.92 Å². The summed E-state index contributed by atoms with van der Waals surface area (Å²) in [6, 6.07) is -6.32. The van der Waals surface area contributed by atoms with Gasteiger partial charge in [0, 0.05) is 49.8 Å². The molecule has 1 aromatic heterocycles. The lowest BCUT2D eigenvalue weighted by atomic mass is 10.00. The zero-order valence-electron chi connectivity index (χ0n) is 50.3. The number of thiol groups is 2. The van der Waals surface area contributed by atoms with Crippen LogP contribution in [0.1, 0.15) is 62.8 Å². The Balaban J connectivity index is 1.88. The number of aliphatic hydroxyl groups excluding tert-OH is 2. The number of aromatic nitrogens is 2. The predicted octanol–water partition coefficient (Wildman–Crippen LogP) is -5.51. The molecule has 2 aromatic carbocycles. The standard InChI is InChI=1S/C56H80N14O19S3/c1-27(2)45(55(87)66-39(56(88)89)19-29-6-10-32(74)11-7-29)70-49(81)35(13-15-44(76)77)61-47(79)34(12-14-43(58)75)62-53(85)41(24-90)68-48(80)36(16-17-92-3)63-50(82)37(18-28-4-8-31(73)9-5-28)64-54(86)42(25-91)69-51(83)38(20-30-21-59-26-60-30)65-52(84)40(23-72)67-46(78)33(57)22-71/h4-11,21,26-27,33-42,45,71-74,90-91H,12-20,22-25,57H2,1-3H3,(H2,58,75)(H,59,60)(H,61,79)(H,62,85)(H,63,82)(H,64,86)(H,65,84)(H,66,87)(H,67,78)(H,68,80)(H,69,83)(H,70,81)(H,76,77)(H,88,89)/t33-,34-,35-,36-,37-,38-,39-,40-,41-,42-,45-/m0/s1. The van der Waals surface area contributed by atoms with Crippen LogP contribution in [0.4, 0.5) is 0 Å². The molecule has 0 radical (unpaired) electrons. The summed E-state index contributed by atoms with van der Waals surface area (Å²) in [6.07, 6.45) is 1.08. The Bertz CT molecular complexity index is 3000. The van der Waals surface area contributed by atoms with Gasteiger partial charge in [-0.15, -0.1) is 0 Å². The molecule has 3 aromatic rings. The maximum absolute atomic E-state index is 14.4. The van der Waals surface area contributed by atoms with Gasteiger partial charge in [-0.25, -0.2) is 9.78 Å². The van der Waals surface area contributed by atoms with Crippen LogP contribution in [0.3, 0.4) is 0 Å². The molecular formula is C56H80N14O19S3. The number of nitrogens with one attached hydrogen (secondary N) is 11. The summed E-state index contributed by atoms with van der Waals surface area (Å²) in [5.41, 5.74) is 12.0. The van der Waals surface area contributed by atoms with Crippen molar-refractivity contribution in [3.63, 3.8) is 0 Å². The lowest BCUT2D eigenvalue weighted by molar-refractivity contribution is -0.142. The fourth-order valence-corrected chi connectivity index (χ4v) is 9.45. The highest BCUT2D eigenvalue weighted by molar-refractivity contribution is 7.98. The SMILES string of the molecule is CSCC[C@H](NC(=O)[C@H](Cc1ccc(O)cc1)NC(=O)[C@H](CS)NC(=O)[C@H](Cc1c[nH]cn1)NC(=O)[C@H](CO)NC(=O)[C@@H](N)CO)C(=O)N[C@@H](CS)C(=O)N[C@@H](CCC(N)=O)C(=O)N[C@@H](CCC(=O)O)C(=O)N[C@H](C(=O)N[C@@H](Cc1ccc(O)cc1)C(=O)O)C(C)C. The molecule has 33 nitrogen and oxygen atoms in total. The number of H-pyrrole nitrogens is 1. The number of nitrogens with two attached hydrogens (primary N) is 2. The summed E-state index contributed by atoms with van der Waals surface area (Å²) >= 11 is 9.74. The number of aliphatic hydroxyl groups is 2. The number of amides is 11. The second-order valence-electron chi connectivity index (χ2n) is 21.2. The first kappa shape index (κ1) is 77.5. The third-order valence-electron chi connectivity index (χ3n) is 13.7. The molecule has 0 saturated heterocycles. The Hall–Kier alpha value is -8.71. The number of aliphatic carboxylic acids is 2. The van der Waals surface area contributed by atoms with Gasteiger partial charge >= 0.3 is 11.9 Å². The number of rotatable bonds is 41. The molecule has 0 saturated carbocycles. The van der Waals surface area contributed by atoms with Crippen LogP contribution in [-0.4, -0.2) is 221 Å². The largest absolute Gasteiger partial charge is 0.508 e. The minimum absolute atomic E-state index is 0.0890. The van der Waals surface area contributed by atoms with Gasteiger partial charge in [0.05, 0.1) is 25.2 Å². The molecule has 11 amide bonds. The number of nitrogens with zero attached hydrogens (tertiary/aromatic N) is 1. The normalized spacial score (nSPS) is 14.7. The minimum atomic E-state index is -1.74. The Morgan fingerprint density at radius 2 is 0.902 bits per heavy atom. The highest BCUT2D eigenvalue weighted by atomic mass is 32.2. The van der Waals surface area contributed by atoms with Crippen molar-refractivity contribution in [2.24, 2.45) is 17.4 Å². The number of carbonyl (C=O) groups is 13. The van der Waals surface area contributed by atoms with Crippen LogP contribution < -0.4 is 64.6 Å². The number of hydrogen-bond acceptors (Lipinski definition) is 22. The van der Waals surface area contributed by atoms with E-state index in [4.69, 9.17) is 11.5 Å². The van der Waals surface area contributed by atoms with Crippen molar-refractivity contribution in [1.82, 2.24) is 63.1 Å². The van der Waals surface area contributed by atoms with E-state index in [0.717, 1.165) is 0 Å². The van der Waals surface area contributed by atoms with Crippen molar-refractivity contribution < 1.29 is 93.0 Å². The molecule has 92 heavy (non-hydrogen) atoms. The smallest absolute Gasteiger partial charge is 0.326 e. The molecule has 11 atom stereocenters. The summed E-state index contributed by atoms with van der Waals surface area (Å²) in [6.45, 7) is 1.27. The van der Waals surface area contributed by atoms with E-state index in [2.05, 4.69) is 88.4 Å². The van der Waals surface area contributed by atoms with Gasteiger partial charge in [-0.2, -0.15) is 37.0 Å². The Labute approximate surface area is 542 Å². The quantitative estimate of drug-likeness (QED) is 0.0236. The molecule has 0 unspecified atom stereocenters. The average molecular weight is 1350 g/mol. The molecule has 0 bridgehead atoms. The number of aromatic amines is 1. The summed E-state index contributed by atoms with van der Waals surface area (Å²) < 4.78 is 0. The minimum Gasteiger partial charge on any atom is -0.508 e. The third kappa shape index (κ3) is 26.6. The zero-order chi connectivity index (χ0) is 68.8. The maximum atomic E-state index is 14.4. The lowest BCUT2D eigenvalue weighted by Crippen LogP contribution is -2.61. The highest BCUT2D eigenvalue weighted by Gasteiger charge is 2.37. The Morgan fingerprint density at radius 3 is 1.32 bits per heavy atom. The van der Waals surface area contributed by atoms with Gasteiger partial charge in [0.15, 0.2) is 0 Å². The number of carbonyl (C=O) groups excluding carboxylic acids is 11. The van der Waals surface area contributed by atoms with Crippen LogP contribution in [0.2, 0.25) is 0 Å². The van der Waals surface area contributed by atoms with Gasteiger partial charge in [0.1, 0.15) is 78.0 Å². The number of aromatic hydroxyl groups is 2. The van der Waals surface area contributed by atoms with E-state index in [9.17, 15) is 93.0 Å². The van der Waals surface area contributed by atoms with Crippen molar-refractivity contribution in [2.45, 2.75) is 132 Å². The number of carboxylic acids is 2. The second-order valence-corrected chi connectivity index (χ2v) is 22.9. The van der Waals surface area contributed by atoms with Crippen molar-refractivity contribution in [3.05, 3.63) is 77.9 Å². The lowest BCUT2D eigenvalue weighted by Gasteiger charge is -2.28. The summed E-state index contributed by atoms with van der Waals surface area (Å²) in [7, 11) is 0. The number of carboxylic acid groups (broad SMARTS) is 2. The van der Waals surface area contributed by atoms with Crippen LogP contribution in [0.5, 0.6) is 11.5 Å². The van der Waals surface area contributed by atoms with E-state index in [1.165, 1.54) is 86.7 Å². The second kappa shape index (κ2) is 39.5. The molecule has 506 valence electrons. The third-order valence-corrected chi connectivity index (χ3v) is 15.0. The first-order valence-corrected chi connectivity index (χ1v) is 31.2. The van der Waals surface area contributed by atoms with Gasteiger partial charge in [0.25, 0.3) is 0 Å². The van der Waals surface area contributed by atoms with Gasteiger partial charge in [-0.1, -0.05) is 38.1 Å². The molecule has 3 rings (SSSR count). The predicted molar refractivity (Wildman–Crippen MR) is 336 cm³/mol. The number of phenolic OH excluding ortho intramolecular Hbond substituents is 2. The molecule has 0 aliphatic carbocycles. The van der Waals surface area contributed by atoms with Gasteiger partial charge in [0.2, 0.25) is 65.0 Å². The van der Waals surface area contributed by atoms with E-state index in [1.807, 2.05) is 0 Å². The summed E-state index contributed by atoms with van der Waals surface area (Å²) in [4.78, 5) is 181. The molecule has 1 heterocycles. The van der Waals surface area contributed by atoms with Crippen LogP contribution in [0.15, 0.2) is 61.1 Å². The van der Waals surface area contributed by atoms with Crippen molar-refractivity contribution >= 4 is 114 Å². The summed E-state index contributed by atoms with van der Waals surface area (Å²) in [5.74, 6) is -15.8. The van der Waals surface area contributed by atoms with E-state index in [-0.39, 0.29) is 48.6 Å². The molecule has 21 N–H and O–H groups in total. The molecule has 0 aliphatic heterocycles. The van der Waals surface area contributed by atoms with Crippen LogP contribution >= 0.6 is 37.0 Å². The first-order valence-electron chi connectivity index (χ1n) is 28.5. The van der Waals surface area contributed by atoms with E-state index in [1.54, 1.807) is 6.26 Å². The molecule has 0 fully saturated rings. The fourth-order valence-electron chi connectivity index (χ4n) is 8.46. The van der Waals surface area contributed by atoms with Crippen LogP contribution in [0.25, 0.3) is 0 Å². The van der Waals surface area contributed by atoms with Crippen LogP contribution in [-0.2, 0) is 81.6 Å². The van der Waals surface area contributed by atoms with E-state index >= 15 is 0 Å². The summed E-state index contributed by atoms with van der Waals surface area (Å²) in [5, 5.41) is 82.4. The Kier molecular flexibility index (Phi) is 33.3. The molecule has 0 spiro atoms. The van der Waals surface area contributed by atoms with E-state index < -0.39 is 200 Å². The number of hydrogen-bond donors (Lipinski definition) is 21. The molecule has 36 heteroatoms. The topological polar surface area (TPSA) is 544 Å². The van der Waals surface area contributed by atoms with Crippen molar-refractivity contribution in [2.75, 3.05) is 36.7 Å². The van der Waals surface area contributed by atoms with E-state index in [0.29, 0.717) is 11.1 Å². The monoisotopic (exact) mass is 1350 g/mol. The van der Waals surface area contributed by atoms with Gasteiger partial charge in [-0.05, 0) is 72.6 Å². The van der Waals surface area contributed by atoms with Crippen molar-refractivity contribution in [3.8, 4) is 11.5 Å². The molecule has 0 aliphatic rings.